The highest BCUT2D eigenvalue weighted by molar-refractivity contribution is 7.10. The summed E-state index contributed by atoms with van der Waals surface area (Å²) in [4.78, 5) is 26.6. The van der Waals surface area contributed by atoms with Gasteiger partial charge in [0, 0.05) is 16.6 Å². The molecule has 8 heteroatoms. The molecular weight excluding hydrogens is 404 g/mol. The summed E-state index contributed by atoms with van der Waals surface area (Å²) in [7, 11) is 1.57. The molecule has 0 saturated carbocycles. The summed E-state index contributed by atoms with van der Waals surface area (Å²) in [5, 5.41) is 7.60. The predicted molar refractivity (Wildman–Crippen MR) is 113 cm³/mol. The molecule has 1 aromatic heterocycles. The van der Waals surface area contributed by atoms with Gasteiger partial charge < -0.3 is 24.8 Å². The van der Waals surface area contributed by atoms with Gasteiger partial charge in [0.25, 0.3) is 5.91 Å². The zero-order valence-electron chi connectivity index (χ0n) is 16.2. The third-order valence-corrected chi connectivity index (χ3v) is 5.45. The number of rotatable bonds is 7. The maximum absolute atomic E-state index is 13.1. The maximum atomic E-state index is 13.1. The molecular formula is C22H20N2O5S. The minimum absolute atomic E-state index is 0.153. The Balaban J connectivity index is 1.53. The van der Waals surface area contributed by atoms with E-state index in [1.165, 1.54) is 11.3 Å². The van der Waals surface area contributed by atoms with E-state index in [2.05, 4.69) is 10.6 Å². The lowest BCUT2D eigenvalue weighted by atomic mass is 10.1. The molecule has 0 fully saturated rings. The molecule has 2 aromatic carbocycles. The highest BCUT2D eigenvalue weighted by atomic mass is 32.1. The van der Waals surface area contributed by atoms with E-state index in [4.69, 9.17) is 14.2 Å². The summed E-state index contributed by atoms with van der Waals surface area (Å²) >= 11 is 1.50. The first-order valence-corrected chi connectivity index (χ1v) is 10.2. The third-order valence-electron chi connectivity index (χ3n) is 4.57. The fraction of sp³-hybridized carbons (Fsp3) is 0.182. The molecule has 2 N–H and O–H groups in total. The monoisotopic (exact) mass is 424 g/mol. The van der Waals surface area contributed by atoms with Crippen molar-refractivity contribution in [3.8, 4) is 17.2 Å². The van der Waals surface area contributed by atoms with Crippen LogP contribution in [0.1, 0.15) is 16.5 Å². The Morgan fingerprint density at radius 1 is 1.10 bits per heavy atom. The molecule has 0 radical (unpaired) electrons. The molecule has 0 aliphatic carbocycles. The van der Waals surface area contributed by atoms with Gasteiger partial charge in [-0.15, -0.1) is 11.3 Å². The molecule has 2 heterocycles. The summed E-state index contributed by atoms with van der Waals surface area (Å²) in [5.74, 6) is 1.26. The quantitative estimate of drug-likeness (QED) is 0.606. The van der Waals surface area contributed by atoms with Crippen LogP contribution in [0.4, 0.5) is 5.69 Å². The number of fused-ring (bicyclic) bond motifs is 1. The average molecular weight is 424 g/mol. The van der Waals surface area contributed by atoms with Crippen LogP contribution in [0.15, 0.2) is 60.0 Å². The van der Waals surface area contributed by atoms with E-state index in [9.17, 15) is 9.59 Å². The average Bonchev–Trinajstić information content (AvgIpc) is 3.43. The van der Waals surface area contributed by atoms with Crippen LogP contribution in [0.2, 0.25) is 0 Å². The van der Waals surface area contributed by atoms with Gasteiger partial charge in [-0.3, -0.25) is 9.59 Å². The minimum Gasteiger partial charge on any atom is -0.497 e. The van der Waals surface area contributed by atoms with Gasteiger partial charge in [-0.1, -0.05) is 18.2 Å². The van der Waals surface area contributed by atoms with Crippen molar-refractivity contribution in [1.82, 2.24) is 5.32 Å². The number of carbonyl (C=O) groups is 2. The molecule has 30 heavy (non-hydrogen) atoms. The van der Waals surface area contributed by atoms with Gasteiger partial charge in [0.1, 0.15) is 11.8 Å². The summed E-state index contributed by atoms with van der Waals surface area (Å²) in [5.41, 5.74) is 1.20. The molecule has 3 aromatic rings. The second-order valence-corrected chi connectivity index (χ2v) is 7.62. The van der Waals surface area contributed by atoms with Crippen molar-refractivity contribution < 1.29 is 23.8 Å². The number of anilines is 1. The molecule has 1 aliphatic rings. The van der Waals surface area contributed by atoms with E-state index in [1.54, 1.807) is 49.6 Å². The van der Waals surface area contributed by atoms with Crippen molar-refractivity contribution in [2.75, 3.05) is 19.2 Å². The third kappa shape index (κ3) is 4.55. The van der Waals surface area contributed by atoms with Crippen LogP contribution in [0.25, 0.3) is 0 Å². The predicted octanol–water partition coefficient (Wildman–Crippen LogP) is 3.52. The van der Waals surface area contributed by atoms with Gasteiger partial charge in [-0.25, -0.2) is 0 Å². The van der Waals surface area contributed by atoms with Crippen molar-refractivity contribution in [2.24, 2.45) is 0 Å². The summed E-state index contributed by atoms with van der Waals surface area (Å²) in [6.07, 6.45) is 0.210. The lowest BCUT2D eigenvalue weighted by Crippen LogP contribution is -2.37. The largest absolute Gasteiger partial charge is 0.497 e. The van der Waals surface area contributed by atoms with Gasteiger partial charge in [0.15, 0.2) is 11.5 Å². The van der Waals surface area contributed by atoms with E-state index < -0.39 is 6.04 Å². The number of amides is 2. The second kappa shape index (κ2) is 8.87. The number of hydrogen-bond donors (Lipinski definition) is 2. The van der Waals surface area contributed by atoms with Gasteiger partial charge in [-0.05, 0) is 41.3 Å². The van der Waals surface area contributed by atoms with Gasteiger partial charge in [0.05, 0.1) is 13.5 Å². The second-order valence-electron chi connectivity index (χ2n) is 6.59. The normalized spacial score (nSPS) is 12.8. The molecule has 154 valence electrons. The van der Waals surface area contributed by atoms with Gasteiger partial charge >= 0.3 is 0 Å². The van der Waals surface area contributed by atoms with E-state index >= 15 is 0 Å². The van der Waals surface area contributed by atoms with Crippen molar-refractivity contribution in [2.45, 2.75) is 12.5 Å². The molecule has 0 saturated heterocycles. The molecule has 0 bridgehead atoms. The first-order valence-electron chi connectivity index (χ1n) is 9.28. The zero-order chi connectivity index (χ0) is 20.9. The number of ether oxygens (including phenoxy) is 3. The Bertz CT molecular complexity index is 1030. The molecule has 0 unspecified atom stereocenters. The fourth-order valence-corrected chi connectivity index (χ4v) is 3.77. The lowest BCUT2D eigenvalue weighted by Gasteiger charge is -2.19. The standard InChI is InChI=1S/C22H20N2O5S/c1-27-16-7-4-14(5-8-16)21(24-20(25)12-17-3-2-10-30-17)22(26)23-15-6-9-18-19(11-15)29-13-28-18/h2-11,21H,12-13H2,1H3,(H,23,26)(H,24,25)/t21-/m1/s1. The molecule has 4 rings (SSSR count). The Hall–Kier alpha value is -3.52. The van der Waals surface area contributed by atoms with E-state index in [0.717, 1.165) is 4.88 Å². The van der Waals surface area contributed by atoms with Crippen LogP contribution in [0, 0.1) is 0 Å². The Labute approximate surface area is 177 Å². The first kappa shape index (κ1) is 19.8. The molecule has 1 aliphatic heterocycles. The highest BCUT2D eigenvalue weighted by Gasteiger charge is 2.24. The van der Waals surface area contributed by atoms with Crippen LogP contribution >= 0.6 is 11.3 Å². The van der Waals surface area contributed by atoms with Crippen LogP contribution in [0.5, 0.6) is 17.2 Å². The number of nitrogens with one attached hydrogen (secondary N) is 2. The van der Waals surface area contributed by atoms with Crippen molar-refractivity contribution in [1.29, 1.82) is 0 Å². The van der Waals surface area contributed by atoms with Crippen LogP contribution in [-0.4, -0.2) is 25.7 Å². The van der Waals surface area contributed by atoms with Gasteiger partial charge in [-0.2, -0.15) is 0 Å². The summed E-state index contributed by atoms with van der Waals surface area (Å²) < 4.78 is 15.8. The summed E-state index contributed by atoms with van der Waals surface area (Å²) in [6.45, 7) is 0.153. The molecule has 7 nitrogen and oxygen atoms in total. The fourth-order valence-electron chi connectivity index (χ4n) is 3.07. The zero-order valence-corrected chi connectivity index (χ0v) is 17.0. The Kier molecular flexibility index (Phi) is 5.85. The number of methoxy groups -OCH3 is 1. The van der Waals surface area contributed by atoms with E-state index in [-0.39, 0.29) is 25.0 Å². The lowest BCUT2D eigenvalue weighted by molar-refractivity contribution is -0.126. The van der Waals surface area contributed by atoms with Crippen molar-refractivity contribution in [3.05, 3.63) is 70.4 Å². The van der Waals surface area contributed by atoms with Crippen LogP contribution < -0.4 is 24.8 Å². The van der Waals surface area contributed by atoms with Crippen molar-refractivity contribution >= 4 is 28.8 Å². The highest BCUT2D eigenvalue weighted by Crippen LogP contribution is 2.34. The van der Waals surface area contributed by atoms with Gasteiger partial charge in [0.2, 0.25) is 12.7 Å². The molecule has 1 atom stereocenters. The summed E-state index contributed by atoms with van der Waals surface area (Å²) in [6, 6.07) is 15.1. The Morgan fingerprint density at radius 3 is 2.63 bits per heavy atom. The van der Waals surface area contributed by atoms with Crippen molar-refractivity contribution in [3.63, 3.8) is 0 Å². The number of benzene rings is 2. The topological polar surface area (TPSA) is 85.9 Å². The van der Waals surface area contributed by atoms with E-state index in [1.807, 2.05) is 17.5 Å². The molecule has 2 amide bonds. The molecule has 0 spiro atoms. The Morgan fingerprint density at radius 2 is 1.90 bits per heavy atom. The number of thiophene rings is 1. The van der Waals surface area contributed by atoms with Crippen LogP contribution in [0.3, 0.4) is 0 Å². The minimum atomic E-state index is -0.867. The van der Waals surface area contributed by atoms with Crippen LogP contribution in [-0.2, 0) is 16.0 Å². The SMILES string of the molecule is COc1ccc([C@@H](NC(=O)Cc2cccs2)C(=O)Nc2ccc3c(c2)OCO3)cc1. The van der Waals surface area contributed by atoms with E-state index in [0.29, 0.717) is 28.5 Å². The number of hydrogen-bond acceptors (Lipinski definition) is 6. The maximum Gasteiger partial charge on any atom is 0.251 e. The smallest absolute Gasteiger partial charge is 0.251 e. The first-order chi connectivity index (χ1) is 14.6. The number of carbonyl (C=O) groups excluding carboxylic acids is 2.